The molecule has 0 saturated heterocycles. The van der Waals surface area contributed by atoms with Gasteiger partial charge in [0.2, 0.25) is 5.91 Å². The first-order valence-corrected chi connectivity index (χ1v) is 8.52. The van der Waals surface area contributed by atoms with E-state index in [1.165, 1.54) is 16.7 Å². The quantitative estimate of drug-likeness (QED) is 0.792. The highest BCUT2D eigenvalue weighted by Crippen LogP contribution is 2.38. The molecule has 1 amide bonds. The molecule has 3 N–H and O–H groups in total. The van der Waals surface area contributed by atoms with Gasteiger partial charge in [0.25, 0.3) is 5.56 Å². The summed E-state index contributed by atoms with van der Waals surface area (Å²) in [5.41, 5.74) is 5.76. The van der Waals surface area contributed by atoms with Crippen LogP contribution in [0.4, 0.5) is 13.2 Å². The number of nitrogens with one attached hydrogen (secondary N) is 1. The Morgan fingerprint density at radius 2 is 2.15 bits per heavy atom. The van der Waals surface area contributed by atoms with Crippen molar-refractivity contribution >= 4 is 11.5 Å². The van der Waals surface area contributed by atoms with Crippen molar-refractivity contribution in [2.24, 2.45) is 11.7 Å². The predicted octanol–water partition coefficient (Wildman–Crippen LogP) is 1.86. The van der Waals surface area contributed by atoms with Crippen molar-refractivity contribution < 1.29 is 18.0 Å². The zero-order chi connectivity index (χ0) is 19.1. The molecule has 1 fully saturated rings. The number of alkyl halides is 3. The molecule has 1 saturated carbocycles. The molecule has 0 aliphatic heterocycles. The van der Waals surface area contributed by atoms with Gasteiger partial charge in [-0.25, -0.2) is 4.98 Å². The maximum absolute atomic E-state index is 12.8. The highest BCUT2D eigenvalue weighted by atomic mass is 19.4. The summed E-state index contributed by atoms with van der Waals surface area (Å²) >= 11 is 0. The van der Waals surface area contributed by atoms with E-state index >= 15 is 0 Å². The molecule has 2 aliphatic carbocycles. The van der Waals surface area contributed by atoms with Crippen molar-refractivity contribution in [1.29, 1.82) is 0 Å². The molecule has 0 radical (unpaired) electrons. The number of amides is 1. The molecule has 1 heterocycles. The fourth-order valence-electron chi connectivity index (χ4n) is 3.06. The number of allylic oxidation sites excluding steroid dienone is 2. The normalized spacial score (nSPS) is 21.9. The van der Waals surface area contributed by atoms with Crippen LogP contribution in [0.2, 0.25) is 0 Å². The third kappa shape index (κ3) is 4.14. The molecule has 1 unspecified atom stereocenters. The van der Waals surface area contributed by atoms with E-state index in [2.05, 4.69) is 10.3 Å². The van der Waals surface area contributed by atoms with Gasteiger partial charge in [0.1, 0.15) is 12.4 Å². The average molecular weight is 370 g/mol. The smallest absolute Gasteiger partial charge is 0.337 e. The lowest BCUT2D eigenvalue weighted by molar-refractivity contribution is -0.175. The highest BCUT2D eigenvalue weighted by Gasteiger charge is 2.40. The topological polar surface area (TPSA) is 90.0 Å². The lowest BCUT2D eigenvalue weighted by Crippen LogP contribution is -2.46. The first-order chi connectivity index (χ1) is 12.1. The minimum Gasteiger partial charge on any atom is -0.337 e. The number of carbonyl (C=O) groups excluding carboxylic acids is 1. The van der Waals surface area contributed by atoms with Crippen LogP contribution in [-0.2, 0) is 11.3 Å². The summed E-state index contributed by atoms with van der Waals surface area (Å²) < 4.78 is 39.5. The van der Waals surface area contributed by atoms with Crippen molar-refractivity contribution in [3.05, 3.63) is 34.0 Å². The first kappa shape index (κ1) is 18.6. The minimum atomic E-state index is -4.20. The fourth-order valence-corrected chi connectivity index (χ4v) is 3.06. The van der Waals surface area contributed by atoms with Crippen molar-refractivity contribution in [3.63, 3.8) is 0 Å². The van der Waals surface area contributed by atoms with Crippen molar-refractivity contribution in [2.75, 3.05) is 0 Å². The van der Waals surface area contributed by atoms with Crippen LogP contribution in [0.3, 0.4) is 0 Å². The minimum absolute atomic E-state index is 0.0138. The van der Waals surface area contributed by atoms with Gasteiger partial charge in [0.05, 0.1) is 17.3 Å². The monoisotopic (exact) mass is 370 g/mol. The molecule has 1 atom stereocenters. The second-order valence-corrected chi connectivity index (χ2v) is 7.06. The number of hydrogen-bond donors (Lipinski definition) is 2. The standard InChI is InChI=1S/C17H21F3N4O2/c1-10-22-13(11-2-4-12(5-3-11)17(18,19)20)8-15(26)24(10)9-14(25)23-16(21)6-7-16/h2,8,12H,3-7,9,21H2,1H3,(H,23,25). The summed E-state index contributed by atoms with van der Waals surface area (Å²) in [7, 11) is 0. The van der Waals surface area contributed by atoms with Gasteiger partial charge in [-0.15, -0.1) is 0 Å². The molecule has 0 aromatic carbocycles. The van der Waals surface area contributed by atoms with E-state index in [-0.39, 0.29) is 31.7 Å². The number of rotatable bonds is 4. The molecule has 0 spiro atoms. The third-order valence-corrected chi connectivity index (χ3v) is 4.88. The number of aromatic nitrogens is 2. The fraction of sp³-hybridized carbons (Fsp3) is 0.588. The van der Waals surface area contributed by atoms with E-state index in [0.717, 1.165) is 0 Å². The van der Waals surface area contributed by atoms with Crippen LogP contribution in [0.25, 0.3) is 5.57 Å². The number of nitrogens with zero attached hydrogens (tertiary/aromatic N) is 2. The molecule has 9 heteroatoms. The van der Waals surface area contributed by atoms with Gasteiger partial charge in [-0.3, -0.25) is 14.2 Å². The molecular weight excluding hydrogens is 349 g/mol. The zero-order valence-electron chi connectivity index (χ0n) is 14.4. The Bertz CT molecular complexity index is 809. The van der Waals surface area contributed by atoms with Gasteiger partial charge >= 0.3 is 6.18 Å². The number of nitrogens with two attached hydrogens (primary N) is 1. The second-order valence-electron chi connectivity index (χ2n) is 7.06. The van der Waals surface area contributed by atoms with Crippen LogP contribution in [0.15, 0.2) is 16.9 Å². The molecule has 6 nitrogen and oxygen atoms in total. The summed E-state index contributed by atoms with van der Waals surface area (Å²) in [6, 6.07) is 1.27. The van der Waals surface area contributed by atoms with Crippen LogP contribution >= 0.6 is 0 Å². The Morgan fingerprint density at radius 1 is 1.46 bits per heavy atom. The second kappa shape index (κ2) is 6.53. The van der Waals surface area contributed by atoms with Crippen LogP contribution < -0.4 is 16.6 Å². The summed E-state index contributed by atoms with van der Waals surface area (Å²) in [6.07, 6.45) is -1.19. The predicted molar refractivity (Wildman–Crippen MR) is 88.9 cm³/mol. The third-order valence-electron chi connectivity index (χ3n) is 4.88. The Morgan fingerprint density at radius 3 is 2.65 bits per heavy atom. The molecule has 3 rings (SSSR count). The van der Waals surface area contributed by atoms with Crippen molar-refractivity contribution in [3.8, 4) is 0 Å². The van der Waals surface area contributed by atoms with Gasteiger partial charge in [-0.05, 0) is 44.6 Å². The Hall–Kier alpha value is -2.16. The Kier molecular flexibility index (Phi) is 4.68. The molecule has 2 aliphatic rings. The van der Waals surface area contributed by atoms with Gasteiger partial charge in [0, 0.05) is 6.07 Å². The Balaban J connectivity index is 1.74. The van der Waals surface area contributed by atoms with E-state index in [1.54, 1.807) is 6.92 Å². The molecule has 26 heavy (non-hydrogen) atoms. The van der Waals surface area contributed by atoms with Crippen LogP contribution in [0.5, 0.6) is 0 Å². The first-order valence-electron chi connectivity index (χ1n) is 8.52. The van der Waals surface area contributed by atoms with Crippen LogP contribution in [0.1, 0.15) is 43.6 Å². The molecule has 0 bridgehead atoms. The lowest BCUT2D eigenvalue weighted by atomic mass is 9.88. The number of carbonyl (C=O) groups is 1. The van der Waals surface area contributed by atoms with Crippen molar-refractivity contribution in [2.45, 2.75) is 57.4 Å². The van der Waals surface area contributed by atoms with Gasteiger partial charge in [-0.1, -0.05) is 6.08 Å². The highest BCUT2D eigenvalue weighted by molar-refractivity contribution is 5.77. The van der Waals surface area contributed by atoms with Crippen LogP contribution in [0, 0.1) is 12.8 Å². The average Bonchev–Trinajstić information content (AvgIpc) is 3.27. The molecule has 1 aromatic heterocycles. The maximum Gasteiger partial charge on any atom is 0.392 e. The van der Waals surface area contributed by atoms with E-state index in [4.69, 9.17) is 5.73 Å². The summed E-state index contributed by atoms with van der Waals surface area (Å²) in [4.78, 5) is 28.7. The maximum atomic E-state index is 12.8. The largest absolute Gasteiger partial charge is 0.392 e. The van der Waals surface area contributed by atoms with Gasteiger partial charge < -0.3 is 11.1 Å². The molecule has 1 aromatic rings. The van der Waals surface area contributed by atoms with E-state index in [1.807, 2.05) is 0 Å². The van der Waals surface area contributed by atoms with E-state index < -0.39 is 23.3 Å². The number of halogens is 3. The number of hydrogen-bond acceptors (Lipinski definition) is 4. The van der Waals surface area contributed by atoms with Gasteiger partial charge in [-0.2, -0.15) is 13.2 Å². The van der Waals surface area contributed by atoms with Crippen molar-refractivity contribution in [1.82, 2.24) is 14.9 Å². The summed E-state index contributed by atoms with van der Waals surface area (Å²) in [5, 5.41) is 2.66. The lowest BCUT2D eigenvalue weighted by Gasteiger charge is -2.24. The summed E-state index contributed by atoms with van der Waals surface area (Å²) in [5.74, 6) is -1.37. The van der Waals surface area contributed by atoms with Crippen LogP contribution in [-0.4, -0.2) is 27.3 Å². The van der Waals surface area contributed by atoms with E-state index in [0.29, 0.717) is 29.9 Å². The molecular formula is C17H21F3N4O2. The number of aryl methyl sites for hydroxylation is 1. The summed E-state index contributed by atoms with van der Waals surface area (Å²) in [6.45, 7) is 1.40. The Labute approximate surface area is 148 Å². The van der Waals surface area contributed by atoms with E-state index in [9.17, 15) is 22.8 Å². The SMILES string of the molecule is Cc1nc(C2=CCC(C(F)(F)F)CC2)cc(=O)n1CC(=O)NC1(N)CC1. The zero-order valence-corrected chi connectivity index (χ0v) is 14.4. The van der Waals surface area contributed by atoms with Gasteiger partial charge in [0.15, 0.2) is 0 Å². The molecule has 142 valence electrons.